The van der Waals surface area contributed by atoms with Crippen LogP contribution in [0.15, 0.2) is 0 Å². The summed E-state index contributed by atoms with van der Waals surface area (Å²) in [6.07, 6.45) is 2.36. The second-order valence-corrected chi connectivity index (χ2v) is 5.88. The maximum absolute atomic E-state index is 11.8. The van der Waals surface area contributed by atoms with E-state index in [1.807, 2.05) is 0 Å². The van der Waals surface area contributed by atoms with Crippen LogP contribution in [0.2, 0.25) is 0 Å². The van der Waals surface area contributed by atoms with Crippen molar-refractivity contribution in [3.8, 4) is 0 Å². The largest absolute Gasteiger partial charge is 0.287 e. The van der Waals surface area contributed by atoms with Crippen LogP contribution in [0.4, 0.5) is 0 Å². The van der Waals surface area contributed by atoms with Gasteiger partial charge in [-0.15, -0.1) is 0 Å². The molecule has 1 saturated heterocycles. The fourth-order valence-electron chi connectivity index (χ4n) is 2.59. The molecule has 1 saturated carbocycles. The molecule has 12 heavy (non-hydrogen) atoms. The quantitative estimate of drug-likeness (QED) is 0.576. The predicted molar refractivity (Wildman–Crippen MR) is 52.1 cm³/mol. The monoisotopic (exact) mass is 184 g/mol. The lowest BCUT2D eigenvalue weighted by molar-refractivity contribution is -0.124. The van der Waals surface area contributed by atoms with E-state index in [-0.39, 0.29) is 10.8 Å². The minimum absolute atomic E-state index is 0.0272. The lowest BCUT2D eigenvalue weighted by Crippen LogP contribution is -2.43. The number of rotatable bonds is 0. The van der Waals surface area contributed by atoms with Gasteiger partial charge in [0, 0.05) is 11.2 Å². The zero-order valence-electron chi connectivity index (χ0n) is 8.02. The summed E-state index contributed by atoms with van der Waals surface area (Å²) >= 11 is 1.56. The van der Waals surface area contributed by atoms with Gasteiger partial charge in [0.15, 0.2) is 5.12 Å². The molecule has 0 N–H and O–H groups in total. The van der Waals surface area contributed by atoms with Gasteiger partial charge in [-0.25, -0.2) is 0 Å². The first-order chi connectivity index (χ1) is 5.48. The highest BCUT2D eigenvalue weighted by Crippen LogP contribution is 2.61. The maximum atomic E-state index is 11.8. The molecular formula is C10H16OS. The van der Waals surface area contributed by atoms with Gasteiger partial charge in [0.1, 0.15) is 0 Å². The second kappa shape index (κ2) is 2.28. The van der Waals surface area contributed by atoms with Crippen LogP contribution in [0.1, 0.15) is 33.6 Å². The predicted octanol–water partition coefficient (Wildman–Crippen LogP) is 2.70. The number of hydrogen-bond donors (Lipinski definition) is 0. The summed E-state index contributed by atoms with van der Waals surface area (Å²) in [4.78, 5) is 11.8. The van der Waals surface area contributed by atoms with E-state index in [1.165, 1.54) is 6.42 Å². The Bertz CT molecular complexity index is 234. The van der Waals surface area contributed by atoms with E-state index < -0.39 is 0 Å². The number of fused-ring (bicyclic) bond motifs is 2. The Morgan fingerprint density at radius 3 is 2.67 bits per heavy atom. The molecule has 1 heterocycles. The van der Waals surface area contributed by atoms with Gasteiger partial charge in [0.25, 0.3) is 0 Å². The molecule has 2 bridgehead atoms. The molecule has 0 unspecified atom stereocenters. The van der Waals surface area contributed by atoms with Gasteiger partial charge >= 0.3 is 0 Å². The van der Waals surface area contributed by atoms with Crippen molar-refractivity contribution in [3.05, 3.63) is 0 Å². The molecule has 0 spiro atoms. The molecule has 1 nitrogen and oxygen atoms in total. The zero-order valence-corrected chi connectivity index (χ0v) is 8.83. The third-order valence-electron chi connectivity index (χ3n) is 4.30. The van der Waals surface area contributed by atoms with Crippen molar-refractivity contribution in [3.63, 3.8) is 0 Å². The van der Waals surface area contributed by atoms with Crippen molar-refractivity contribution in [2.24, 2.45) is 16.7 Å². The number of thioether (sulfide) groups is 1. The minimum Gasteiger partial charge on any atom is -0.287 e. The molecule has 0 amide bonds. The molecule has 2 atom stereocenters. The third kappa shape index (κ3) is 0.795. The molecule has 68 valence electrons. The van der Waals surface area contributed by atoms with Crippen molar-refractivity contribution < 1.29 is 4.79 Å². The molecule has 0 radical (unpaired) electrons. The zero-order chi connectivity index (χ0) is 8.98. The van der Waals surface area contributed by atoms with E-state index in [4.69, 9.17) is 0 Å². The van der Waals surface area contributed by atoms with E-state index >= 15 is 0 Å². The van der Waals surface area contributed by atoms with Crippen molar-refractivity contribution >= 4 is 16.9 Å². The van der Waals surface area contributed by atoms with E-state index in [0.29, 0.717) is 5.12 Å². The van der Waals surface area contributed by atoms with Crippen LogP contribution in [0.25, 0.3) is 0 Å². The Hall–Kier alpha value is 0.0200. The fourth-order valence-corrected chi connectivity index (χ4v) is 4.21. The Kier molecular flexibility index (Phi) is 1.64. The topological polar surface area (TPSA) is 17.1 Å². The smallest absolute Gasteiger partial charge is 0.195 e. The summed E-state index contributed by atoms with van der Waals surface area (Å²) in [7, 11) is 0. The Balaban J connectivity index is 2.43. The van der Waals surface area contributed by atoms with Crippen molar-refractivity contribution in [2.75, 3.05) is 5.75 Å². The van der Waals surface area contributed by atoms with Gasteiger partial charge in [-0.2, -0.15) is 0 Å². The van der Waals surface area contributed by atoms with E-state index in [9.17, 15) is 4.79 Å². The van der Waals surface area contributed by atoms with Crippen molar-refractivity contribution in [1.82, 2.24) is 0 Å². The van der Waals surface area contributed by atoms with Crippen LogP contribution >= 0.6 is 11.8 Å². The molecule has 2 rings (SSSR count). The van der Waals surface area contributed by atoms with Crippen LogP contribution in [0.5, 0.6) is 0 Å². The van der Waals surface area contributed by atoms with Gasteiger partial charge < -0.3 is 0 Å². The van der Waals surface area contributed by atoms with Gasteiger partial charge in [-0.3, -0.25) is 4.79 Å². The van der Waals surface area contributed by atoms with Crippen molar-refractivity contribution in [1.29, 1.82) is 0 Å². The van der Waals surface area contributed by atoms with E-state index in [0.717, 1.165) is 18.1 Å². The fraction of sp³-hybridized carbons (Fsp3) is 0.900. The second-order valence-electron chi connectivity index (χ2n) is 4.89. The highest BCUT2D eigenvalue weighted by Gasteiger charge is 2.58. The number of hydrogen-bond acceptors (Lipinski definition) is 2. The van der Waals surface area contributed by atoms with Gasteiger partial charge in [-0.05, 0) is 24.2 Å². The van der Waals surface area contributed by atoms with E-state index in [1.54, 1.807) is 11.8 Å². The van der Waals surface area contributed by atoms with Crippen LogP contribution in [-0.2, 0) is 4.79 Å². The molecule has 2 heteroatoms. The SMILES string of the molecule is CC1(C)[C@@H]2CC[C@@]1(C)C(=O)SC2. The molecule has 0 aromatic carbocycles. The summed E-state index contributed by atoms with van der Waals surface area (Å²) in [5.41, 5.74) is 0.218. The standard InChI is InChI=1S/C10H16OS/c1-9(2)7-4-5-10(9,3)8(11)12-6-7/h7H,4-6H2,1-3H3/t7-,10+/m1/s1. The lowest BCUT2D eigenvalue weighted by atomic mass is 9.66. The molecular weight excluding hydrogens is 168 g/mol. The summed E-state index contributed by atoms with van der Waals surface area (Å²) in [6, 6.07) is 0. The molecule has 1 aliphatic carbocycles. The van der Waals surface area contributed by atoms with Crippen LogP contribution in [0, 0.1) is 16.7 Å². The lowest BCUT2D eigenvalue weighted by Gasteiger charge is -2.43. The first-order valence-electron chi connectivity index (χ1n) is 4.66. The highest BCUT2D eigenvalue weighted by molar-refractivity contribution is 8.13. The Morgan fingerprint density at radius 2 is 2.08 bits per heavy atom. The summed E-state index contributed by atoms with van der Waals surface area (Å²) in [5.74, 6) is 1.83. The number of carbonyl (C=O) groups excluding carboxylic acids is 1. The van der Waals surface area contributed by atoms with Crippen LogP contribution in [0.3, 0.4) is 0 Å². The van der Waals surface area contributed by atoms with E-state index in [2.05, 4.69) is 20.8 Å². The minimum atomic E-state index is -0.0272. The van der Waals surface area contributed by atoms with Crippen LogP contribution < -0.4 is 0 Å². The first-order valence-corrected chi connectivity index (χ1v) is 5.64. The number of carbonyl (C=O) groups is 1. The molecule has 0 aromatic heterocycles. The summed E-state index contributed by atoms with van der Waals surface area (Å²) in [6.45, 7) is 6.69. The average molecular weight is 184 g/mol. The Labute approximate surface area is 78.3 Å². The first kappa shape index (κ1) is 8.61. The molecule has 2 fully saturated rings. The maximum Gasteiger partial charge on any atom is 0.195 e. The summed E-state index contributed by atoms with van der Waals surface area (Å²) < 4.78 is 0. The molecule has 1 aliphatic heterocycles. The van der Waals surface area contributed by atoms with Gasteiger partial charge in [0.05, 0.1) is 0 Å². The van der Waals surface area contributed by atoms with Gasteiger partial charge in [-0.1, -0.05) is 32.5 Å². The Morgan fingerprint density at radius 1 is 1.42 bits per heavy atom. The average Bonchev–Trinajstić information content (AvgIpc) is 2.17. The normalized spacial score (nSPS) is 44.9. The van der Waals surface area contributed by atoms with Crippen LogP contribution in [-0.4, -0.2) is 10.9 Å². The highest BCUT2D eigenvalue weighted by atomic mass is 32.2. The molecule has 2 aliphatic rings. The van der Waals surface area contributed by atoms with Crippen molar-refractivity contribution in [2.45, 2.75) is 33.6 Å². The van der Waals surface area contributed by atoms with Gasteiger partial charge in [0.2, 0.25) is 0 Å². The molecule has 0 aromatic rings. The third-order valence-corrected chi connectivity index (χ3v) is 5.58. The summed E-state index contributed by atoms with van der Waals surface area (Å²) in [5, 5.41) is 0.432.